The molecule has 1 aromatic carbocycles. The summed E-state index contributed by atoms with van der Waals surface area (Å²) < 4.78 is 2.26. The molecule has 3 heteroatoms. The van der Waals surface area contributed by atoms with Crippen molar-refractivity contribution in [3.05, 3.63) is 23.8 Å². The van der Waals surface area contributed by atoms with Crippen molar-refractivity contribution in [3.8, 4) is 0 Å². The van der Waals surface area contributed by atoms with Crippen LogP contribution in [0.5, 0.6) is 0 Å². The number of anilines is 1. The molecular formula is C15H21N3. The van der Waals surface area contributed by atoms with Gasteiger partial charge >= 0.3 is 0 Å². The molecule has 3 nitrogen and oxygen atoms in total. The van der Waals surface area contributed by atoms with Gasteiger partial charge in [-0.15, -0.1) is 0 Å². The Hall–Kier alpha value is -1.51. The molecule has 1 aliphatic carbocycles. The summed E-state index contributed by atoms with van der Waals surface area (Å²) in [4.78, 5) is 4.50. The number of benzene rings is 1. The molecule has 2 N–H and O–H groups in total. The predicted molar refractivity (Wildman–Crippen MR) is 75.6 cm³/mol. The van der Waals surface area contributed by atoms with E-state index in [4.69, 9.17) is 5.73 Å². The van der Waals surface area contributed by atoms with E-state index in [1.54, 1.807) is 0 Å². The molecule has 0 aliphatic heterocycles. The van der Waals surface area contributed by atoms with E-state index in [0.717, 1.165) is 11.4 Å². The van der Waals surface area contributed by atoms with Crippen molar-refractivity contribution in [1.82, 2.24) is 9.55 Å². The van der Waals surface area contributed by atoms with Gasteiger partial charge in [0.25, 0.3) is 0 Å². The van der Waals surface area contributed by atoms with Crippen molar-refractivity contribution in [2.75, 3.05) is 5.73 Å². The average Bonchev–Trinajstić information content (AvgIpc) is 2.64. The molecule has 1 heterocycles. The summed E-state index contributed by atoms with van der Waals surface area (Å²) in [5.41, 5.74) is 9.63. The molecule has 2 unspecified atom stereocenters. The highest BCUT2D eigenvalue weighted by Crippen LogP contribution is 2.36. The van der Waals surface area contributed by atoms with E-state index in [1.165, 1.54) is 36.8 Å². The van der Waals surface area contributed by atoms with Crippen molar-refractivity contribution in [2.24, 2.45) is 5.92 Å². The largest absolute Gasteiger partial charge is 0.369 e. The van der Waals surface area contributed by atoms with Gasteiger partial charge in [0.1, 0.15) is 0 Å². The highest BCUT2D eigenvalue weighted by atomic mass is 15.2. The maximum absolute atomic E-state index is 6.13. The lowest BCUT2D eigenvalue weighted by atomic mass is 9.87. The van der Waals surface area contributed by atoms with Crippen molar-refractivity contribution in [1.29, 1.82) is 0 Å². The fourth-order valence-electron chi connectivity index (χ4n) is 3.24. The summed E-state index contributed by atoms with van der Waals surface area (Å²) in [5, 5.41) is 0. The van der Waals surface area contributed by atoms with E-state index in [2.05, 4.69) is 41.6 Å². The van der Waals surface area contributed by atoms with Crippen LogP contribution in [0, 0.1) is 12.8 Å². The van der Waals surface area contributed by atoms with Gasteiger partial charge in [0.2, 0.25) is 5.95 Å². The minimum absolute atomic E-state index is 0.528. The monoisotopic (exact) mass is 243 g/mol. The second-order valence-electron chi connectivity index (χ2n) is 5.76. The molecule has 0 amide bonds. The Morgan fingerprint density at radius 1 is 1.33 bits per heavy atom. The average molecular weight is 243 g/mol. The van der Waals surface area contributed by atoms with Crippen LogP contribution in [0.1, 0.15) is 44.2 Å². The van der Waals surface area contributed by atoms with Gasteiger partial charge < -0.3 is 10.3 Å². The van der Waals surface area contributed by atoms with Crippen LogP contribution >= 0.6 is 0 Å². The van der Waals surface area contributed by atoms with Gasteiger partial charge in [0, 0.05) is 6.04 Å². The maximum atomic E-state index is 6.13. The van der Waals surface area contributed by atoms with Crippen LogP contribution in [0.15, 0.2) is 18.2 Å². The van der Waals surface area contributed by atoms with Crippen molar-refractivity contribution >= 4 is 17.0 Å². The molecule has 2 atom stereocenters. The summed E-state index contributed by atoms with van der Waals surface area (Å²) in [6, 6.07) is 6.91. The number of aryl methyl sites for hydroxylation is 1. The zero-order valence-electron chi connectivity index (χ0n) is 11.2. The summed E-state index contributed by atoms with van der Waals surface area (Å²) in [6.45, 7) is 4.46. The smallest absolute Gasteiger partial charge is 0.201 e. The molecule has 1 saturated carbocycles. The SMILES string of the molecule is Cc1ccc2nc(N)n(C3CCCC(C)C3)c2c1. The van der Waals surface area contributed by atoms with Crippen molar-refractivity contribution < 1.29 is 0 Å². The Kier molecular flexibility index (Phi) is 2.77. The lowest BCUT2D eigenvalue weighted by Crippen LogP contribution is -2.19. The number of nitrogen functional groups attached to an aromatic ring is 1. The van der Waals surface area contributed by atoms with E-state index < -0.39 is 0 Å². The zero-order valence-corrected chi connectivity index (χ0v) is 11.2. The first-order chi connectivity index (χ1) is 8.65. The first-order valence-corrected chi connectivity index (χ1v) is 6.89. The van der Waals surface area contributed by atoms with Crippen LogP contribution in [0.3, 0.4) is 0 Å². The van der Waals surface area contributed by atoms with Crippen molar-refractivity contribution in [3.63, 3.8) is 0 Å². The fraction of sp³-hybridized carbons (Fsp3) is 0.533. The number of nitrogens with zero attached hydrogens (tertiary/aromatic N) is 2. The minimum Gasteiger partial charge on any atom is -0.369 e. The van der Waals surface area contributed by atoms with Crippen LogP contribution in [0.4, 0.5) is 5.95 Å². The van der Waals surface area contributed by atoms with Crippen LogP contribution in [0.25, 0.3) is 11.0 Å². The van der Waals surface area contributed by atoms with E-state index in [1.807, 2.05) is 0 Å². The van der Waals surface area contributed by atoms with Gasteiger partial charge in [0.05, 0.1) is 11.0 Å². The Morgan fingerprint density at radius 2 is 2.17 bits per heavy atom. The standard InChI is InChI=1S/C15H21N3/c1-10-4-3-5-12(8-10)18-14-9-11(2)6-7-13(14)17-15(18)16/h6-7,9-10,12H,3-5,8H2,1-2H3,(H2,16,17). The molecule has 0 saturated heterocycles. The Balaban J connectivity index is 2.09. The lowest BCUT2D eigenvalue weighted by Gasteiger charge is -2.28. The Bertz CT molecular complexity index is 570. The second kappa shape index (κ2) is 4.30. The van der Waals surface area contributed by atoms with E-state index in [0.29, 0.717) is 12.0 Å². The quantitative estimate of drug-likeness (QED) is 0.830. The fourth-order valence-corrected chi connectivity index (χ4v) is 3.24. The molecule has 1 aromatic heterocycles. The van der Waals surface area contributed by atoms with Gasteiger partial charge in [-0.2, -0.15) is 0 Å². The number of hydrogen-bond donors (Lipinski definition) is 1. The molecule has 1 aliphatic rings. The number of fused-ring (bicyclic) bond motifs is 1. The number of hydrogen-bond acceptors (Lipinski definition) is 2. The first-order valence-electron chi connectivity index (χ1n) is 6.89. The van der Waals surface area contributed by atoms with Gasteiger partial charge in [-0.05, 0) is 43.4 Å². The van der Waals surface area contributed by atoms with Crippen LogP contribution < -0.4 is 5.73 Å². The van der Waals surface area contributed by atoms with Crippen LogP contribution in [-0.2, 0) is 0 Å². The Labute approximate surface area is 108 Å². The second-order valence-corrected chi connectivity index (χ2v) is 5.76. The molecule has 0 spiro atoms. The third-order valence-electron chi connectivity index (χ3n) is 4.15. The van der Waals surface area contributed by atoms with Crippen molar-refractivity contribution in [2.45, 2.75) is 45.6 Å². The molecule has 96 valence electrons. The predicted octanol–water partition coefficient (Wildman–Crippen LogP) is 3.68. The van der Waals surface area contributed by atoms with Crippen LogP contribution in [0.2, 0.25) is 0 Å². The molecule has 3 rings (SSSR count). The van der Waals surface area contributed by atoms with E-state index >= 15 is 0 Å². The summed E-state index contributed by atoms with van der Waals surface area (Å²) >= 11 is 0. The van der Waals surface area contributed by atoms with E-state index in [-0.39, 0.29) is 0 Å². The normalized spacial score (nSPS) is 24.6. The topological polar surface area (TPSA) is 43.8 Å². The molecule has 1 fully saturated rings. The van der Waals surface area contributed by atoms with Crippen LogP contribution in [-0.4, -0.2) is 9.55 Å². The third kappa shape index (κ3) is 1.88. The lowest BCUT2D eigenvalue weighted by molar-refractivity contribution is 0.289. The van der Waals surface area contributed by atoms with Gasteiger partial charge in [0.15, 0.2) is 0 Å². The van der Waals surface area contributed by atoms with Gasteiger partial charge in [-0.25, -0.2) is 4.98 Å². The first kappa shape index (κ1) is 11.6. The molecule has 0 radical (unpaired) electrons. The minimum atomic E-state index is 0.528. The summed E-state index contributed by atoms with van der Waals surface area (Å²) in [6.07, 6.45) is 5.11. The highest BCUT2D eigenvalue weighted by Gasteiger charge is 2.23. The number of aromatic nitrogens is 2. The molecule has 18 heavy (non-hydrogen) atoms. The van der Waals surface area contributed by atoms with E-state index in [9.17, 15) is 0 Å². The summed E-state index contributed by atoms with van der Waals surface area (Å²) in [5.74, 6) is 1.47. The molecule has 2 aromatic rings. The molecule has 0 bridgehead atoms. The molecular weight excluding hydrogens is 222 g/mol. The summed E-state index contributed by atoms with van der Waals surface area (Å²) in [7, 11) is 0. The number of imidazole rings is 1. The highest BCUT2D eigenvalue weighted by molar-refractivity contribution is 5.79. The maximum Gasteiger partial charge on any atom is 0.201 e. The zero-order chi connectivity index (χ0) is 12.7. The third-order valence-corrected chi connectivity index (χ3v) is 4.15. The number of rotatable bonds is 1. The Morgan fingerprint density at radius 3 is 2.94 bits per heavy atom. The van der Waals surface area contributed by atoms with Gasteiger partial charge in [-0.3, -0.25) is 0 Å². The van der Waals surface area contributed by atoms with Gasteiger partial charge in [-0.1, -0.05) is 25.8 Å². The number of nitrogens with two attached hydrogens (primary N) is 1.